The highest BCUT2D eigenvalue weighted by atomic mass is 15.2. The van der Waals surface area contributed by atoms with Crippen molar-refractivity contribution in [3.05, 3.63) is 65.2 Å². The molecule has 1 aliphatic heterocycles. The fourth-order valence-electron chi connectivity index (χ4n) is 2.33. The van der Waals surface area contributed by atoms with Gasteiger partial charge in [0.15, 0.2) is 0 Å². The first-order valence-corrected chi connectivity index (χ1v) is 6.44. The van der Waals surface area contributed by atoms with Gasteiger partial charge in [-0.15, -0.1) is 0 Å². The number of aliphatic imine (C=N–C) groups is 1. The van der Waals surface area contributed by atoms with E-state index in [1.807, 2.05) is 19.2 Å². The van der Waals surface area contributed by atoms with E-state index in [-0.39, 0.29) is 6.17 Å². The van der Waals surface area contributed by atoms with Gasteiger partial charge in [0.1, 0.15) is 12.0 Å². The van der Waals surface area contributed by atoms with Crippen LogP contribution in [0.2, 0.25) is 0 Å². The summed E-state index contributed by atoms with van der Waals surface area (Å²) >= 11 is 0. The maximum absolute atomic E-state index is 4.35. The topological polar surface area (TPSA) is 36.4 Å². The first-order chi connectivity index (χ1) is 9.28. The highest BCUT2D eigenvalue weighted by Gasteiger charge is 2.21. The van der Waals surface area contributed by atoms with E-state index in [0.29, 0.717) is 0 Å². The van der Waals surface area contributed by atoms with Crippen LogP contribution in [0.4, 0.5) is 5.69 Å². The largest absolute Gasteiger partial charge is 0.361 e. The first kappa shape index (κ1) is 11.8. The zero-order valence-corrected chi connectivity index (χ0v) is 11.1. The molecule has 0 radical (unpaired) electrons. The van der Waals surface area contributed by atoms with E-state index in [9.17, 15) is 0 Å². The molecule has 3 heteroatoms. The molecule has 3 rings (SSSR count). The van der Waals surface area contributed by atoms with Gasteiger partial charge in [0, 0.05) is 18.3 Å². The fraction of sp³-hybridized carbons (Fsp3) is 0.188. The summed E-state index contributed by atoms with van der Waals surface area (Å²) in [6, 6.07) is 16.8. The Morgan fingerprint density at radius 2 is 1.68 bits per heavy atom. The van der Waals surface area contributed by atoms with Gasteiger partial charge in [-0.1, -0.05) is 42.0 Å². The number of hydrogen-bond acceptors (Lipinski definition) is 2. The van der Waals surface area contributed by atoms with Gasteiger partial charge < -0.3 is 10.6 Å². The van der Waals surface area contributed by atoms with Gasteiger partial charge in [0.05, 0.1) is 0 Å². The van der Waals surface area contributed by atoms with Gasteiger partial charge >= 0.3 is 0 Å². The molecule has 1 unspecified atom stereocenters. The third-order valence-corrected chi connectivity index (χ3v) is 3.40. The first-order valence-electron chi connectivity index (χ1n) is 6.44. The standard InChI is InChI=1S/C16H17N3/c1-11-7-9-12(10-8-11)15-18-14-6-4-3-5-13(14)16(17-2)19-15/h3-10,15,18H,1-2H3,(H,17,19). The molecule has 96 valence electrons. The maximum atomic E-state index is 4.35. The number of rotatable bonds is 1. The van der Waals surface area contributed by atoms with Crippen LogP contribution in [-0.4, -0.2) is 12.9 Å². The van der Waals surface area contributed by atoms with E-state index in [1.54, 1.807) is 0 Å². The Labute approximate surface area is 113 Å². The van der Waals surface area contributed by atoms with Gasteiger partial charge in [-0.25, -0.2) is 0 Å². The number of aryl methyl sites for hydroxylation is 1. The maximum Gasteiger partial charge on any atom is 0.131 e. The number of amidine groups is 1. The van der Waals surface area contributed by atoms with Crippen molar-refractivity contribution < 1.29 is 0 Å². The normalized spacial score (nSPS) is 19.5. The lowest BCUT2D eigenvalue weighted by atomic mass is 10.0. The Morgan fingerprint density at radius 3 is 2.42 bits per heavy atom. The van der Waals surface area contributed by atoms with E-state index in [4.69, 9.17) is 0 Å². The number of anilines is 1. The van der Waals surface area contributed by atoms with Crippen LogP contribution in [0.3, 0.4) is 0 Å². The average Bonchev–Trinajstić information content (AvgIpc) is 2.47. The Balaban J connectivity index is 1.98. The molecule has 0 saturated heterocycles. The van der Waals surface area contributed by atoms with Gasteiger partial charge in [-0.05, 0) is 24.6 Å². The predicted molar refractivity (Wildman–Crippen MR) is 79.6 cm³/mol. The number of benzene rings is 2. The van der Waals surface area contributed by atoms with Crippen molar-refractivity contribution in [2.45, 2.75) is 13.1 Å². The van der Waals surface area contributed by atoms with Crippen LogP contribution < -0.4 is 10.6 Å². The summed E-state index contributed by atoms with van der Waals surface area (Å²) in [4.78, 5) is 4.35. The van der Waals surface area contributed by atoms with Gasteiger partial charge in [0.2, 0.25) is 0 Å². The van der Waals surface area contributed by atoms with Gasteiger partial charge in [-0.3, -0.25) is 4.99 Å². The number of nitrogens with zero attached hydrogens (tertiary/aromatic N) is 1. The van der Waals surface area contributed by atoms with Crippen molar-refractivity contribution in [1.29, 1.82) is 0 Å². The molecule has 1 atom stereocenters. The third-order valence-electron chi connectivity index (χ3n) is 3.40. The highest BCUT2D eigenvalue weighted by Crippen LogP contribution is 2.26. The van der Waals surface area contributed by atoms with E-state index < -0.39 is 0 Å². The Bertz CT molecular complexity index is 614. The molecule has 0 saturated carbocycles. The smallest absolute Gasteiger partial charge is 0.131 e. The van der Waals surface area contributed by atoms with Crippen LogP contribution in [0.15, 0.2) is 53.5 Å². The molecule has 0 fully saturated rings. The molecule has 2 N–H and O–H groups in total. The number of hydrogen-bond donors (Lipinski definition) is 2. The fourth-order valence-corrected chi connectivity index (χ4v) is 2.33. The minimum atomic E-state index is 0.0641. The van der Waals surface area contributed by atoms with Crippen molar-refractivity contribution in [2.24, 2.45) is 4.99 Å². The summed E-state index contributed by atoms with van der Waals surface area (Å²) in [6.07, 6.45) is 0.0641. The van der Waals surface area contributed by atoms with Crippen molar-refractivity contribution in [3.63, 3.8) is 0 Å². The van der Waals surface area contributed by atoms with E-state index in [2.05, 4.69) is 58.9 Å². The molecule has 3 nitrogen and oxygen atoms in total. The molecule has 0 aliphatic carbocycles. The van der Waals surface area contributed by atoms with Crippen LogP contribution >= 0.6 is 0 Å². The third kappa shape index (κ3) is 2.19. The Kier molecular flexibility index (Phi) is 2.95. The Hall–Kier alpha value is -2.29. The van der Waals surface area contributed by atoms with E-state index in [0.717, 1.165) is 17.1 Å². The summed E-state index contributed by atoms with van der Waals surface area (Å²) in [5.41, 5.74) is 4.71. The Morgan fingerprint density at radius 1 is 0.947 bits per heavy atom. The molecular formula is C16H17N3. The number of para-hydroxylation sites is 1. The van der Waals surface area contributed by atoms with Crippen LogP contribution in [0.1, 0.15) is 22.9 Å². The predicted octanol–water partition coefficient (Wildman–Crippen LogP) is 3.09. The van der Waals surface area contributed by atoms with Crippen LogP contribution in [0, 0.1) is 6.92 Å². The molecule has 0 amide bonds. The summed E-state index contributed by atoms with van der Waals surface area (Å²) in [6.45, 7) is 2.10. The average molecular weight is 251 g/mol. The van der Waals surface area contributed by atoms with Crippen molar-refractivity contribution in [1.82, 2.24) is 5.32 Å². The van der Waals surface area contributed by atoms with Crippen molar-refractivity contribution >= 4 is 11.5 Å². The number of nitrogens with one attached hydrogen (secondary N) is 2. The van der Waals surface area contributed by atoms with Crippen LogP contribution in [0.25, 0.3) is 0 Å². The van der Waals surface area contributed by atoms with Crippen LogP contribution in [0.5, 0.6) is 0 Å². The minimum absolute atomic E-state index is 0.0641. The van der Waals surface area contributed by atoms with E-state index >= 15 is 0 Å². The molecule has 2 aromatic rings. The molecule has 1 aliphatic rings. The molecule has 0 aromatic heterocycles. The molecule has 2 aromatic carbocycles. The second-order valence-electron chi connectivity index (χ2n) is 4.75. The van der Waals surface area contributed by atoms with Crippen molar-refractivity contribution in [2.75, 3.05) is 12.4 Å². The van der Waals surface area contributed by atoms with Gasteiger partial charge in [0.25, 0.3) is 0 Å². The lowest BCUT2D eigenvalue weighted by Gasteiger charge is -2.30. The highest BCUT2D eigenvalue weighted by molar-refractivity contribution is 6.05. The monoisotopic (exact) mass is 251 g/mol. The molecule has 1 heterocycles. The molecule has 19 heavy (non-hydrogen) atoms. The SMILES string of the molecule is CN=C1NC(c2ccc(C)cc2)Nc2ccccc21. The summed E-state index contributed by atoms with van der Waals surface area (Å²) in [7, 11) is 1.82. The van der Waals surface area contributed by atoms with E-state index in [1.165, 1.54) is 11.1 Å². The molecular weight excluding hydrogens is 234 g/mol. The zero-order chi connectivity index (χ0) is 13.2. The summed E-state index contributed by atoms with van der Waals surface area (Å²) in [5, 5.41) is 6.94. The summed E-state index contributed by atoms with van der Waals surface area (Å²) in [5.74, 6) is 0.930. The molecule has 0 bridgehead atoms. The lowest BCUT2D eigenvalue weighted by molar-refractivity contribution is 0.719. The van der Waals surface area contributed by atoms with Crippen molar-refractivity contribution in [3.8, 4) is 0 Å². The summed E-state index contributed by atoms with van der Waals surface area (Å²) < 4.78 is 0. The molecule has 0 spiro atoms. The second kappa shape index (κ2) is 4.76. The minimum Gasteiger partial charge on any atom is -0.361 e. The second-order valence-corrected chi connectivity index (χ2v) is 4.75. The zero-order valence-electron chi connectivity index (χ0n) is 11.1. The van der Waals surface area contributed by atoms with Crippen LogP contribution in [-0.2, 0) is 0 Å². The van der Waals surface area contributed by atoms with Gasteiger partial charge in [-0.2, -0.15) is 0 Å². The quantitative estimate of drug-likeness (QED) is 0.817. The lowest BCUT2D eigenvalue weighted by Crippen LogP contribution is -2.38. The number of fused-ring (bicyclic) bond motifs is 1.